The van der Waals surface area contributed by atoms with Gasteiger partial charge in [-0.05, 0) is 31.5 Å². The molecule has 0 bridgehead atoms. The summed E-state index contributed by atoms with van der Waals surface area (Å²) in [6, 6.07) is 10.6. The molecule has 0 spiro atoms. The van der Waals surface area contributed by atoms with Crippen LogP contribution in [0.5, 0.6) is 0 Å². The summed E-state index contributed by atoms with van der Waals surface area (Å²) >= 11 is 0. The van der Waals surface area contributed by atoms with E-state index in [2.05, 4.69) is 35.2 Å². The van der Waals surface area contributed by atoms with Crippen LogP contribution in [0.3, 0.4) is 0 Å². The van der Waals surface area contributed by atoms with Gasteiger partial charge in [-0.1, -0.05) is 51.1 Å². The number of likely N-dealkylation sites (tertiary alicyclic amines) is 1. The average molecular weight is 259 g/mol. The first kappa shape index (κ1) is 14.3. The van der Waals surface area contributed by atoms with E-state index in [4.69, 9.17) is 0 Å². The topological polar surface area (TPSA) is 20.3 Å². The standard InChI is InChI=1S/C17H25NO/c1-17(2,3)16(19)15-9-11-18(12-10-15)13-14-7-5-4-6-8-14/h4-8,15H,9-13H2,1-3H3. The summed E-state index contributed by atoms with van der Waals surface area (Å²) in [5.74, 6) is 0.707. The van der Waals surface area contributed by atoms with Crippen molar-refractivity contribution in [3.63, 3.8) is 0 Å². The van der Waals surface area contributed by atoms with E-state index in [1.54, 1.807) is 0 Å². The number of piperidine rings is 1. The van der Waals surface area contributed by atoms with Crippen molar-refractivity contribution >= 4 is 5.78 Å². The summed E-state index contributed by atoms with van der Waals surface area (Å²) in [6.07, 6.45) is 2.03. The first-order valence-corrected chi connectivity index (χ1v) is 7.27. The number of carbonyl (C=O) groups excluding carboxylic acids is 1. The van der Waals surface area contributed by atoms with Crippen molar-refractivity contribution in [2.75, 3.05) is 13.1 Å². The Hall–Kier alpha value is -1.15. The molecule has 1 heterocycles. The molecule has 0 atom stereocenters. The molecule has 0 unspecified atom stereocenters. The Morgan fingerprint density at radius 2 is 1.74 bits per heavy atom. The Morgan fingerprint density at radius 3 is 2.26 bits per heavy atom. The quantitative estimate of drug-likeness (QED) is 0.828. The van der Waals surface area contributed by atoms with Gasteiger partial charge in [-0.2, -0.15) is 0 Å². The Bertz CT molecular complexity index is 411. The molecule has 2 nitrogen and oxygen atoms in total. The number of hydrogen-bond donors (Lipinski definition) is 0. The molecule has 1 aromatic carbocycles. The number of carbonyl (C=O) groups is 1. The number of hydrogen-bond acceptors (Lipinski definition) is 2. The second-order valence-electron chi connectivity index (χ2n) is 6.65. The summed E-state index contributed by atoms with van der Waals surface area (Å²) < 4.78 is 0. The largest absolute Gasteiger partial charge is 0.299 e. The molecule has 0 N–H and O–H groups in total. The predicted octanol–water partition coefficient (Wildman–Crippen LogP) is 3.51. The third-order valence-corrected chi connectivity index (χ3v) is 3.95. The fourth-order valence-electron chi connectivity index (χ4n) is 2.81. The van der Waals surface area contributed by atoms with Crippen molar-refractivity contribution in [2.45, 2.75) is 40.2 Å². The highest BCUT2D eigenvalue weighted by Crippen LogP contribution is 2.27. The first-order chi connectivity index (χ1) is 8.97. The molecule has 104 valence electrons. The monoisotopic (exact) mass is 259 g/mol. The Labute approximate surface area is 116 Å². The van der Waals surface area contributed by atoms with Crippen LogP contribution < -0.4 is 0 Å². The van der Waals surface area contributed by atoms with Gasteiger partial charge in [0.05, 0.1) is 0 Å². The minimum absolute atomic E-state index is 0.188. The van der Waals surface area contributed by atoms with Crippen molar-refractivity contribution < 1.29 is 4.79 Å². The molecule has 1 fully saturated rings. The van der Waals surface area contributed by atoms with Crippen LogP contribution in [0.2, 0.25) is 0 Å². The number of benzene rings is 1. The van der Waals surface area contributed by atoms with Gasteiger partial charge >= 0.3 is 0 Å². The maximum Gasteiger partial charge on any atom is 0.141 e. The van der Waals surface area contributed by atoms with Gasteiger partial charge in [0.2, 0.25) is 0 Å². The zero-order chi connectivity index (χ0) is 13.9. The molecule has 0 saturated carbocycles. The lowest BCUT2D eigenvalue weighted by Gasteiger charge is -2.34. The van der Waals surface area contributed by atoms with Crippen molar-refractivity contribution in [3.05, 3.63) is 35.9 Å². The second kappa shape index (κ2) is 5.87. The van der Waals surface area contributed by atoms with Crippen molar-refractivity contribution in [1.82, 2.24) is 4.90 Å². The maximum absolute atomic E-state index is 12.3. The summed E-state index contributed by atoms with van der Waals surface area (Å²) in [5.41, 5.74) is 1.18. The van der Waals surface area contributed by atoms with Crippen LogP contribution in [0.4, 0.5) is 0 Å². The number of Topliss-reactive ketones (excluding diaryl/α,β-unsaturated/α-hetero) is 1. The van der Waals surface area contributed by atoms with Gasteiger partial charge in [0, 0.05) is 17.9 Å². The highest BCUT2D eigenvalue weighted by molar-refractivity contribution is 5.86. The fraction of sp³-hybridized carbons (Fsp3) is 0.588. The van der Waals surface area contributed by atoms with Gasteiger partial charge in [-0.25, -0.2) is 0 Å². The zero-order valence-electron chi connectivity index (χ0n) is 12.4. The lowest BCUT2D eigenvalue weighted by Crippen LogP contribution is -2.39. The lowest BCUT2D eigenvalue weighted by atomic mass is 9.79. The zero-order valence-corrected chi connectivity index (χ0v) is 12.4. The lowest BCUT2D eigenvalue weighted by molar-refractivity contribution is -0.131. The highest BCUT2D eigenvalue weighted by Gasteiger charge is 2.31. The summed E-state index contributed by atoms with van der Waals surface area (Å²) in [6.45, 7) is 9.20. The normalized spacial score (nSPS) is 18.5. The predicted molar refractivity (Wildman–Crippen MR) is 78.9 cm³/mol. The van der Waals surface area contributed by atoms with E-state index in [0.29, 0.717) is 5.78 Å². The molecule has 2 rings (SSSR count). The van der Waals surface area contributed by atoms with Gasteiger partial charge in [-0.15, -0.1) is 0 Å². The van der Waals surface area contributed by atoms with E-state index in [-0.39, 0.29) is 11.3 Å². The Morgan fingerprint density at radius 1 is 1.16 bits per heavy atom. The smallest absolute Gasteiger partial charge is 0.141 e. The van der Waals surface area contributed by atoms with Gasteiger partial charge in [0.15, 0.2) is 0 Å². The molecule has 0 aliphatic carbocycles. The molecule has 0 radical (unpaired) electrons. The third-order valence-electron chi connectivity index (χ3n) is 3.95. The van der Waals surface area contributed by atoms with Crippen LogP contribution in [0.25, 0.3) is 0 Å². The molecule has 0 aromatic heterocycles. The van der Waals surface area contributed by atoms with E-state index in [9.17, 15) is 4.79 Å². The number of ketones is 1. The Balaban J connectivity index is 1.85. The van der Waals surface area contributed by atoms with Crippen molar-refractivity contribution in [2.24, 2.45) is 11.3 Å². The first-order valence-electron chi connectivity index (χ1n) is 7.27. The molecule has 1 aliphatic heterocycles. The minimum atomic E-state index is -0.188. The molecule has 0 amide bonds. The van der Waals surface area contributed by atoms with Crippen LogP contribution in [-0.2, 0) is 11.3 Å². The molecule has 19 heavy (non-hydrogen) atoms. The molecule has 1 aliphatic rings. The van der Waals surface area contributed by atoms with E-state index in [0.717, 1.165) is 32.5 Å². The maximum atomic E-state index is 12.3. The fourth-order valence-corrected chi connectivity index (χ4v) is 2.81. The van der Waals surface area contributed by atoms with Gasteiger partial charge in [0.25, 0.3) is 0 Å². The molecule has 2 heteroatoms. The van der Waals surface area contributed by atoms with Gasteiger partial charge in [0.1, 0.15) is 5.78 Å². The van der Waals surface area contributed by atoms with Crippen LogP contribution in [0, 0.1) is 11.3 Å². The van der Waals surface area contributed by atoms with E-state index < -0.39 is 0 Å². The third kappa shape index (κ3) is 3.90. The Kier molecular flexibility index (Phi) is 4.41. The second-order valence-corrected chi connectivity index (χ2v) is 6.65. The number of nitrogens with zero attached hydrogens (tertiary/aromatic N) is 1. The van der Waals surface area contributed by atoms with Crippen molar-refractivity contribution in [1.29, 1.82) is 0 Å². The molecular formula is C17H25NO. The summed E-state index contributed by atoms with van der Waals surface area (Å²) in [5, 5.41) is 0. The van der Waals surface area contributed by atoms with Crippen LogP contribution in [-0.4, -0.2) is 23.8 Å². The highest BCUT2D eigenvalue weighted by atomic mass is 16.1. The van der Waals surface area contributed by atoms with Gasteiger partial charge in [-0.3, -0.25) is 9.69 Å². The van der Waals surface area contributed by atoms with Crippen LogP contribution in [0.15, 0.2) is 30.3 Å². The molecule has 1 aromatic rings. The SMILES string of the molecule is CC(C)(C)C(=O)C1CCN(Cc2ccccc2)CC1. The number of rotatable bonds is 3. The summed E-state index contributed by atoms with van der Waals surface area (Å²) in [4.78, 5) is 14.7. The summed E-state index contributed by atoms with van der Waals surface area (Å²) in [7, 11) is 0. The molecular weight excluding hydrogens is 234 g/mol. The van der Waals surface area contributed by atoms with Crippen LogP contribution in [0.1, 0.15) is 39.2 Å². The van der Waals surface area contributed by atoms with E-state index >= 15 is 0 Å². The van der Waals surface area contributed by atoms with E-state index in [1.807, 2.05) is 20.8 Å². The molecule has 1 saturated heterocycles. The average Bonchev–Trinajstić information content (AvgIpc) is 2.39. The van der Waals surface area contributed by atoms with E-state index in [1.165, 1.54) is 5.56 Å². The van der Waals surface area contributed by atoms with Crippen molar-refractivity contribution in [3.8, 4) is 0 Å². The van der Waals surface area contributed by atoms with Gasteiger partial charge < -0.3 is 0 Å². The minimum Gasteiger partial charge on any atom is -0.299 e. The van der Waals surface area contributed by atoms with Crippen LogP contribution >= 0.6 is 0 Å².